The van der Waals surface area contributed by atoms with Crippen LogP contribution in [0.15, 0.2) is 17.8 Å². The zero-order chi connectivity index (χ0) is 12.1. The number of carbonyl (C=O) groups excluding carboxylic acids is 1. The van der Waals surface area contributed by atoms with Crippen LogP contribution in [-0.2, 0) is 4.79 Å². The van der Waals surface area contributed by atoms with Crippen LogP contribution in [0, 0.1) is 0 Å². The van der Waals surface area contributed by atoms with Crippen LogP contribution < -0.4 is 11.1 Å². The number of unbranched alkanes of at least 4 members (excludes halogenated alkanes) is 1. The second-order valence-corrected chi connectivity index (χ2v) is 4.61. The van der Waals surface area contributed by atoms with E-state index in [2.05, 4.69) is 15.3 Å². The van der Waals surface area contributed by atoms with Gasteiger partial charge < -0.3 is 11.1 Å². The number of anilines is 1. The van der Waals surface area contributed by atoms with Gasteiger partial charge in [-0.15, -0.1) is 11.3 Å². The van der Waals surface area contributed by atoms with Gasteiger partial charge in [-0.2, -0.15) is 0 Å². The van der Waals surface area contributed by atoms with Gasteiger partial charge in [-0.3, -0.25) is 4.79 Å². The van der Waals surface area contributed by atoms with Crippen molar-refractivity contribution in [3.63, 3.8) is 0 Å². The normalized spacial score (nSPS) is 10.6. The Morgan fingerprint density at radius 2 is 2.29 bits per heavy atom. The minimum Gasteiger partial charge on any atom is -0.370 e. The van der Waals surface area contributed by atoms with Crippen molar-refractivity contribution in [2.75, 3.05) is 11.9 Å². The molecule has 2 aromatic rings. The minimum absolute atomic E-state index is 0.243. The van der Waals surface area contributed by atoms with E-state index in [1.807, 2.05) is 11.4 Å². The van der Waals surface area contributed by atoms with Crippen LogP contribution in [0.3, 0.4) is 0 Å². The number of carbonyl (C=O) groups is 1. The largest absolute Gasteiger partial charge is 0.370 e. The summed E-state index contributed by atoms with van der Waals surface area (Å²) >= 11 is 1.60. The van der Waals surface area contributed by atoms with Crippen molar-refractivity contribution in [3.8, 4) is 0 Å². The molecule has 0 radical (unpaired) electrons. The standard InChI is InChI=1S/C11H14N4OS/c12-9(16)3-1-2-5-13-10-8-4-6-17-11(8)15-7-14-10/h4,6-7H,1-3,5H2,(H2,12,16)(H,13,14,15). The van der Waals surface area contributed by atoms with Gasteiger partial charge in [-0.25, -0.2) is 9.97 Å². The van der Waals surface area contributed by atoms with Crippen molar-refractivity contribution in [3.05, 3.63) is 17.8 Å². The third-order valence-corrected chi connectivity index (χ3v) is 3.22. The fourth-order valence-corrected chi connectivity index (χ4v) is 2.29. The van der Waals surface area contributed by atoms with E-state index in [0.29, 0.717) is 6.42 Å². The number of rotatable bonds is 6. The highest BCUT2D eigenvalue weighted by molar-refractivity contribution is 7.16. The Hall–Kier alpha value is -1.69. The molecule has 1 amide bonds. The topological polar surface area (TPSA) is 80.9 Å². The van der Waals surface area contributed by atoms with Crippen molar-refractivity contribution in [2.24, 2.45) is 5.73 Å². The quantitative estimate of drug-likeness (QED) is 0.765. The van der Waals surface area contributed by atoms with Gasteiger partial charge in [0, 0.05) is 13.0 Å². The predicted molar refractivity (Wildman–Crippen MR) is 69.0 cm³/mol. The van der Waals surface area contributed by atoms with Gasteiger partial charge in [0.05, 0.1) is 5.39 Å². The summed E-state index contributed by atoms with van der Waals surface area (Å²) < 4.78 is 0. The Morgan fingerprint density at radius 3 is 3.12 bits per heavy atom. The zero-order valence-corrected chi connectivity index (χ0v) is 10.2. The maximum Gasteiger partial charge on any atom is 0.217 e. The number of thiophene rings is 1. The molecule has 0 aliphatic heterocycles. The van der Waals surface area contributed by atoms with Crippen LogP contribution in [0.5, 0.6) is 0 Å². The Morgan fingerprint density at radius 1 is 1.41 bits per heavy atom. The lowest BCUT2D eigenvalue weighted by molar-refractivity contribution is -0.118. The van der Waals surface area contributed by atoms with Crippen molar-refractivity contribution < 1.29 is 4.79 Å². The average molecular weight is 250 g/mol. The van der Waals surface area contributed by atoms with E-state index in [-0.39, 0.29) is 5.91 Å². The Kier molecular flexibility index (Phi) is 3.87. The van der Waals surface area contributed by atoms with Crippen LogP contribution in [0.2, 0.25) is 0 Å². The van der Waals surface area contributed by atoms with Crippen molar-refractivity contribution in [1.29, 1.82) is 0 Å². The SMILES string of the molecule is NC(=O)CCCCNc1ncnc2sccc12. The van der Waals surface area contributed by atoms with Crippen molar-refractivity contribution >= 4 is 33.3 Å². The highest BCUT2D eigenvalue weighted by atomic mass is 32.1. The van der Waals surface area contributed by atoms with Gasteiger partial charge in [0.25, 0.3) is 0 Å². The number of aromatic nitrogens is 2. The first-order chi connectivity index (χ1) is 8.27. The van der Waals surface area contributed by atoms with Crippen LogP contribution in [0.1, 0.15) is 19.3 Å². The molecule has 17 heavy (non-hydrogen) atoms. The molecule has 90 valence electrons. The lowest BCUT2D eigenvalue weighted by atomic mass is 10.2. The predicted octanol–water partition coefficient (Wildman–Crippen LogP) is 1.76. The van der Waals surface area contributed by atoms with Gasteiger partial charge in [0.2, 0.25) is 5.91 Å². The Balaban J connectivity index is 1.86. The monoisotopic (exact) mass is 250 g/mol. The molecule has 5 nitrogen and oxygen atoms in total. The first kappa shape index (κ1) is 11.8. The molecule has 0 aliphatic carbocycles. The molecule has 6 heteroatoms. The number of nitrogens with two attached hydrogens (primary N) is 1. The summed E-state index contributed by atoms with van der Waals surface area (Å²) in [6.07, 6.45) is 3.71. The van der Waals surface area contributed by atoms with Crippen molar-refractivity contribution in [2.45, 2.75) is 19.3 Å². The summed E-state index contributed by atoms with van der Waals surface area (Å²) in [5, 5.41) is 6.30. The van der Waals surface area contributed by atoms with E-state index in [1.54, 1.807) is 17.7 Å². The summed E-state index contributed by atoms with van der Waals surface area (Å²) in [5.41, 5.74) is 5.07. The van der Waals surface area contributed by atoms with Gasteiger partial charge >= 0.3 is 0 Å². The first-order valence-electron chi connectivity index (χ1n) is 5.48. The highest BCUT2D eigenvalue weighted by Crippen LogP contribution is 2.23. The summed E-state index contributed by atoms with van der Waals surface area (Å²) in [6.45, 7) is 0.787. The number of nitrogens with zero attached hydrogens (tertiary/aromatic N) is 2. The molecular weight excluding hydrogens is 236 g/mol. The third kappa shape index (κ3) is 3.13. The molecule has 0 spiro atoms. The molecule has 2 heterocycles. The number of nitrogens with one attached hydrogen (secondary N) is 1. The number of primary amides is 1. The molecule has 0 atom stereocenters. The van der Waals surface area contributed by atoms with E-state index in [9.17, 15) is 4.79 Å². The van der Waals surface area contributed by atoms with E-state index in [1.165, 1.54) is 0 Å². The lowest BCUT2D eigenvalue weighted by Gasteiger charge is -2.05. The number of amides is 1. The Bertz CT molecular complexity index is 511. The first-order valence-corrected chi connectivity index (χ1v) is 6.36. The smallest absolute Gasteiger partial charge is 0.217 e. The summed E-state index contributed by atoms with van der Waals surface area (Å²) in [4.78, 5) is 19.9. The minimum atomic E-state index is -0.243. The summed E-state index contributed by atoms with van der Waals surface area (Å²) in [6, 6.07) is 2.01. The lowest BCUT2D eigenvalue weighted by Crippen LogP contribution is -2.11. The van der Waals surface area contributed by atoms with Gasteiger partial charge in [-0.1, -0.05) is 0 Å². The average Bonchev–Trinajstić information content (AvgIpc) is 2.77. The van der Waals surface area contributed by atoms with Crippen LogP contribution in [0.4, 0.5) is 5.82 Å². The molecule has 0 saturated heterocycles. The molecule has 0 bridgehead atoms. The fourth-order valence-electron chi connectivity index (χ4n) is 1.56. The molecule has 2 aromatic heterocycles. The molecule has 2 rings (SSSR count). The zero-order valence-electron chi connectivity index (χ0n) is 9.35. The second-order valence-electron chi connectivity index (χ2n) is 3.71. The fraction of sp³-hybridized carbons (Fsp3) is 0.364. The highest BCUT2D eigenvalue weighted by Gasteiger charge is 2.03. The van der Waals surface area contributed by atoms with Crippen LogP contribution in [-0.4, -0.2) is 22.4 Å². The second kappa shape index (κ2) is 5.58. The molecular formula is C11H14N4OS. The van der Waals surface area contributed by atoms with Crippen LogP contribution in [0.25, 0.3) is 10.2 Å². The summed E-state index contributed by atoms with van der Waals surface area (Å²) in [7, 11) is 0. The maximum absolute atomic E-state index is 10.6. The van der Waals surface area contributed by atoms with Gasteiger partial charge in [0.15, 0.2) is 0 Å². The number of hydrogen-bond donors (Lipinski definition) is 2. The van der Waals surface area contributed by atoms with E-state index in [4.69, 9.17) is 5.73 Å². The number of hydrogen-bond acceptors (Lipinski definition) is 5. The van der Waals surface area contributed by atoms with E-state index >= 15 is 0 Å². The molecule has 3 N–H and O–H groups in total. The molecule has 0 fully saturated rings. The van der Waals surface area contributed by atoms with Crippen LogP contribution >= 0.6 is 11.3 Å². The molecule has 0 aliphatic rings. The molecule has 0 saturated carbocycles. The van der Waals surface area contributed by atoms with E-state index < -0.39 is 0 Å². The summed E-state index contributed by atoms with van der Waals surface area (Å²) in [5.74, 6) is 0.614. The van der Waals surface area contributed by atoms with Gasteiger partial charge in [-0.05, 0) is 24.3 Å². The number of fused-ring (bicyclic) bond motifs is 1. The van der Waals surface area contributed by atoms with Gasteiger partial charge in [0.1, 0.15) is 17.0 Å². The Labute approximate surface area is 103 Å². The van der Waals surface area contributed by atoms with E-state index in [0.717, 1.165) is 35.4 Å². The molecule has 0 aromatic carbocycles. The molecule has 0 unspecified atom stereocenters. The maximum atomic E-state index is 10.6. The third-order valence-electron chi connectivity index (χ3n) is 2.40. The van der Waals surface area contributed by atoms with Crippen molar-refractivity contribution in [1.82, 2.24) is 9.97 Å².